The van der Waals surface area contributed by atoms with E-state index in [-0.39, 0.29) is 19.0 Å². The molecule has 26 heavy (non-hydrogen) atoms. The molecule has 0 amide bonds. The molecule has 0 saturated carbocycles. The molecule has 0 unspecified atom stereocenters. The third-order valence-corrected chi connectivity index (χ3v) is 4.01. The second-order valence-electron chi connectivity index (χ2n) is 6.22. The molecular weight excluding hydrogens is 328 g/mol. The first kappa shape index (κ1) is 17.7. The molecule has 3 aromatic rings. The first-order valence-electron chi connectivity index (χ1n) is 8.40. The van der Waals surface area contributed by atoms with E-state index in [1.165, 1.54) is 0 Å². The van der Waals surface area contributed by atoms with Crippen LogP contribution in [0.4, 0.5) is 0 Å². The molecule has 0 N–H and O–H groups in total. The Labute approximate surface area is 152 Å². The van der Waals surface area contributed by atoms with Crippen LogP contribution >= 0.6 is 0 Å². The minimum Gasteiger partial charge on any atom is -0.482 e. The Balaban J connectivity index is 1.58. The van der Waals surface area contributed by atoms with Gasteiger partial charge in [0.25, 0.3) is 0 Å². The molecule has 3 aromatic carbocycles. The molecule has 0 aliphatic rings. The number of rotatable bonds is 6. The van der Waals surface area contributed by atoms with Gasteiger partial charge in [-0.25, -0.2) is 4.79 Å². The summed E-state index contributed by atoms with van der Waals surface area (Å²) >= 11 is 0. The van der Waals surface area contributed by atoms with E-state index in [9.17, 15) is 9.59 Å². The highest BCUT2D eigenvalue weighted by Crippen LogP contribution is 2.19. The lowest BCUT2D eigenvalue weighted by atomic mass is 10.0. The Hall–Kier alpha value is -3.14. The van der Waals surface area contributed by atoms with Gasteiger partial charge in [-0.2, -0.15) is 0 Å². The second kappa shape index (κ2) is 7.83. The number of aryl methyl sites for hydroxylation is 2. The van der Waals surface area contributed by atoms with Gasteiger partial charge in [0.05, 0.1) is 0 Å². The fraction of sp³-hybridized carbons (Fsp3) is 0.182. The van der Waals surface area contributed by atoms with Crippen molar-refractivity contribution in [1.29, 1.82) is 0 Å². The van der Waals surface area contributed by atoms with Gasteiger partial charge in [-0.3, -0.25) is 4.79 Å². The van der Waals surface area contributed by atoms with Gasteiger partial charge in [-0.05, 0) is 47.9 Å². The minimum atomic E-state index is -0.572. The Morgan fingerprint density at radius 2 is 1.54 bits per heavy atom. The highest BCUT2D eigenvalue weighted by atomic mass is 16.6. The van der Waals surface area contributed by atoms with Crippen molar-refractivity contribution in [3.63, 3.8) is 0 Å². The van der Waals surface area contributed by atoms with Gasteiger partial charge in [-0.15, -0.1) is 0 Å². The van der Waals surface area contributed by atoms with E-state index < -0.39 is 5.97 Å². The standard InChI is InChI=1S/C22H20O4/c1-15-10-16(2)12-18(11-15)25-14-22(24)26-13-21(23)20-9-5-7-17-6-3-4-8-19(17)20/h3-12H,13-14H2,1-2H3. The lowest BCUT2D eigenvalue weighted by molar-refractivity contribution is -0.144. The van der Waals surface area contributed by atoms with Crippen molar-refractivity contribution in [3.8, 4) is 5.75 Å². The molecule has 0 aliphatic carbocycles. The zero-order valence-electron chi connectivity index (χ0n) is 14.8. The fourth-order valence-electron chi connectivity index (χ4n) is 2.89. The summed E-state index contributed by atoms with van der Waals surface area (Å²) in [6.45, 7) is 3.39. The average molecular weight is 348 g/mol. The molecule has 0 bridgehead atoms. The summed E-state index contributed by atoms with van der Waals surface area (Å²) in [6, 6.07) is 18.8. The van der Waals surface area contributed by atoms with Crippen LogP contribution < -0.4 is 4.74 Å². The molecule has 0 spiro atoms. The number of carbonyl (C=O) groups is 2. The lowest BCUT2D eigenvalue weighted by Crippen LogP contribution is -2.19. The van der Waals surface area contributed by atoms with Crippen LogP contribution in [-0.4, -0.2) is 25.0 Å². The van der Waals surface area contributed by atoms with Crippen molar-refractivity contribution < 1.29 is 19.1 Å². The molecule has 0 fully saturated rings. The number of Topliss-reactive ketones (excluding diaryl/α,β-unsaturated/α-hetero) is 1. The predicted molar refractivity (Wildman–Crippen MR) is 101 cm³/mol. The summed E-state index contributed by atoms with van der Waals surface area (Å²) in [5.74, 6) is -0.195. The smallest absolute Gasteiger partial charge is 0.344 e. The predicted octanol–water partition coefficient (Wildman–Crippen LogP) is 4.26. The quantitative estimate of drug-likeness (QED) is 0.493. The van der Waals surface area contributed by atoms with Crippen LogP contribution in [0.15, 0.2) is 60.7 Å². The molecule has 0 aliphatic heterocycles. The highest BCUT2D eigenvalue weighted by molar-refractivity contribution is 6.09. The number of benzene rings is 3. The van der Waals surface area contributed by atoms with Crippen LogP contribution in [-0.2, 0) is 9.53 Å². The van der Waals surface area contributed by atoms with E-state index in [2.05, 4.69) is 0 Å². The molecule has 0 saturated heterocycles. The largest absolute Gasteiger partial charge is 0.482 e. The Bertz CT molecular complexity index is 934. The SMILES string of the molecule is Cc1cc(C)cc(OCC(=O)OCC(=O)c2cccc3ccccc23)c1. The van der Waals surface area contributed by atoms with Crippen molar-refractivity contribution >= 4 is 22.5 Å². The summed E-state index contributed by atoms with van der Waals surface area (Å²) < 4.78 is 10.5. The summed E-state index contributed by atoms with van der Waals surface area (Å²) in [4.78, 5) is 24.3. The van der Waals surface area contributed by atoms with E-state index in [1.54, 1.807) is 6.07 Å². The summed E-state index contributed by atoms with van der Waals surface area (Å²) in [5.41, 5.74) is 2.66. The number of ether oxygens (including phenoxy) is 2. The molecule has 0 radical (unpaired) electrons. The first-order valence-corrected chi connectivity index (χ1v) is 8.40. The van der Waals surface area contributed by atoms with Crippen LogP contribution in [0.5, 0.6) is 5.75 Å². The van der Waals surface area contributed by atoms with E-state index in [0.29, 0.717) is 11.3 Å². The van der Waals surface area contributed by atoms with Gasteiger partial charge in [0.2, 0.25) is 5.78 Å². The number of esters is 1. The van der Waals surface area contributed by atoms with Gasteiger partial charge in [0, 0.05) is 5.56 Å². The van der Waals surface area contributed by atoms with Crippen molar-refractivity contribution in [3.05, 3.63) is 77.4 Å². The molecule has 0 aromatic heterocycles. The van der Waals surface area contributed by atoms with Crippen LogP contribution in [0.25, 0.3) is 10.8 Å². The van der Waals surface area contributed by atoms with Gasteiger partial charge in [0.15, 0.2) is 13.2 Å². The van der Waals surface area contributed by atoms with Crippen molar-refractivity contribution in [2.24, 2.45) is 0 Å². The molecule has 4 nitrogen and oxygen atoms in total. The average Bonchev–Trinajstić information content (AvgIpc) is 2.63. The summed E-state index contributed by atoms with van der Waals surface area (Å²) in [7, 11) is 0. The molecule has 0 atom stereocenters. The maximum Gasteiger partial charge on any atom is 0.344 e. The van der Waals surface area contributed by atoms with Crippen LogP contribution in [0.1, 0.15) is 21.5 Å². The molecular formula is C22H20O4. The molecule has 3 rings (SSSR count). The van der Waals surface area contributed by atoms with Gasteiger partial charge < -0.3 is 9.47 Å². The molecule has 132 valence electrons. The van der Waals surface area contributed by atoms with E-state index in [4.69, 9.17) is 9.47 Å². The van der Waals surface area contributed by atoms with Crippen molar-refractivity contribution in [2.45, 2.75) is 13.8 Å². The fourth-order valence-corrected chi connectivity index (χ4v) is 2.89. The minimum absolute atomic E-state index is 0.230. The Morgan fingerprint density at radius 3 is 2.31 bits per heavy atom. The van der Waals surface area contributed by atoms with Crippen LogP contribution in [0, 0.1) is 13.8 Å². The maximum atomic E-state index is 12.4. The van der Waals surface area contributed by atoms with E-state index in [0.717, 1.165) is 21.9 Å². The third-order valence-electron chi connectivity index (χ3n) is 4.01. The topological polar surface area (TPSA) is 52.6 Å². The van der Waals surface area contributed by atoms with Crippen LogP contribution in [0.2, 0.25) is 0 Å². The number of hydrogen-bond donors (Lipinski definition) is 0. The van der Waals surface area contributed by atoms with Crippen molar-refractivity contribution in [1.82, 2.24) is 0 Å². The third kappa shape index (κ3) is 4.28. The van der Waals surface area contributed by atoms with E-state index >= 15 is 0 Å². The highest BCUT2D eigenvalue weighted by Gasteiger charge is 2.13. The summed E-state index contributed by atoms with van der Waals surface area (Å²) in [5, 5.41) is 1.82. The first-order chi connectivity index (χ1) is 12.5. The number of ketones is 1. The van der Waals surface area contributed by atoms with Gasteiger partial charge in [-0.1, -0.05) is 48.5 Å². The molecule has 0 heterocycles. The monoisotopic (exact) mass is 348 g/mol. The number of carbonyl (C=O) groups excluding carboxylic acids is 2. The summed E-state index contributed by atoms with van der Waals surface area (Å²) in [6.07, 6.45) is 0. The lowest BCUT2D eigenvalue weighted by Gasteiger charge is -2.09. The zero-order valence-corrected chi connectivity index (χ0v) is 14.8. The second-order valence-corrected chi connectivity index (χ2v) is 6.22. The van der Waals surface area contributed by atoms with Crippen LogP contribution in [0.3, 0.4) is 0 Å². The Kier molecular flexibility index (Phi) is 5.32. The van der Waals surface area contributed by atoms with Crippen molar-refractivity contribution in [2.75, 3.05) is 13.2 Å². The zero-order chi connectivity index (χ0) is 18.5. The van der Waals surface area contributed by atoms with E-state index in [1.807, 2.05) is 68.4 Å². The Morgan fingerprint density at radius 1 is 0.846 bits per heavy atom. The normalized spacial score (nSPS) is 10.5. The molecule has 4 heteroatoms. The number of fused-ring (bicyclic) bond motifs is 1. The van der Waals surface area contributed by atoms with Gasteiger partial charge in [0.1, 0.15) is 5.75 Å². The maximum absolute atomic E-state index is 12.4. The van der Waals surface area contributed by atoms with Gasteiger partial charge >= 0.3 is 5.97 Å². The number of hydrogen-bond acceptors (Lipinski definition) is 4.